The van der Waals surface area contributed by atoms with Crippen molar-refractivity contribution in [1.29, 1.82) is 0 Å². The molecule has 156 valence electrons. The third-order valence-electron chi connectivity index (χ3n) is 5.15. The topological polar surface area (TPSA) is 48.0 Å². The molecule has 0 fully saturated rings. The summed E-state index contributed by atoms with van der Waals surface area (Å²) in [7, 11) is 6.61. The predicted molar refractivity (Wildman–Crippen MR) is 118 cm³/mol. The fourth-order valence-corrected chi connectivity index (χ4v) is 3.54. The average molecular weight is 405 g/mol. The lowest BCUT2D eigenvalue weighted by molar-refractivity contribution is -0.135. The van der Waals surface area contributed by atoms with Crippen molar-refractivity contribution >= 4 is 17.1 Å². The van der Waals surface area contributed by atoms with Gasteiger partial charge in [0.1, 0.15) is 0 Å². The number of esters is 1. The van der Waals surface area contributed by atoms with Crippen molar-refractivity contribution in [2.24, 2.45) is 0 Å². The van der Waals surface area contributed by atoms with Crippen LogP contribution in [0, 0.1) is 0 Å². The van der Waals surface area contributed by atoms with E-state index >= 15 is 0 Å². The summed E-state index contributed by atoms with van der Waals surface area (Å²) in [5.41, 5.74) is 8.58. The van der Waals surface area contributed by atoms with E-state index < -0.39 is 5.97 Å². The number of nitrogens with zero attached hydrogens (tertiary/aromatic N) is 1. The number of carbonyl (C=O) groups excluding carboxylic acids is 1. The standard InChI is InChI=1S/C25H27NO4/c1-17-13-21(18-9-7-6-8-10-18)22(25(27)30-5)16-26(2)12-11-19-14-23(28-3)24(29-4)15-20(17)19/h6-10,14-16H,11-12H2,1-5H3/b22-16+. The molecular weight excluding hydrogens is 378 g/mol. The molecule has 0 aromatic heterocycles. The highest BCUT2D eigenvalue weighted by molar-refractivity contribution is 6.06. The van der Waals surface area contributed by atoms with E-state index in [1.807, 2.05) is 67.5 Å². The van der Waals surface area contributed by atoms with Crippen molar-refractivity contribution in [3.63, 3.8) is 0 Å². The molecule has 0 unspecified atom stereocenters. The minimum atomic E-state index is -0.394. The Morgan fingerprint density at radius 3 is 2.33 bits per heavy atom. The van der Waals surface area contributed by atoms with Gasteiger partial charge >= 0.3 is 5.97 Å². The molecule has 3 rings (SSSR count). The minimum absolute atomic E-state index is 0.394. The Bertz CT molecular complexity index is 1030. The lowest BCUT2D eigenvalue weighted by Crippen LogP contribution is -2.19. The SMILES string of the molecule is COC(=O)/C1=C/N(C)CCc2cc(OC)c(OC)cc2C(C)=C=C1c1ccccc1. The van der Waals surface area contributed by atoms with Gasteiger partial charge in [0.25, 0.3) is 0 Å². The van der Waals surface area contributed by atoms with Crippen molar-refractivity contribution in [3.8, 4) is 11.5 Å². The molecule has 1 heterocycles. The van der Waals surface area contributed by atoms with Crippen LogP contribution in [0.3, 0.4) is 0 Å². The quantitative estimate of drug-likeness (QED) is 0.560. The molecule has 0 amide bonds. The summed E-state index contributed by atoms with van der Waals surface area (Å²) >= 11 is 0. The van der Waals surface area contributed by atoms with Crippen molar-refractivity contribution < 1.29 is 19.0 Å². The molecular formula is C25H27NO4. The third kappa shape index (κ3) is 4.42. The second-order valence-corrected chi connectivity index (χ2v) is 7.12. The van der Waals surface area contributed by atoms with Crippen LogP contribution in [-0.4, -0.2) is 45.8 Å². The van der Waals surface area contributed by atoms with Gasteiger partial charge in [-0.1, -0.05) is 30.3 Å². The first-order chi connectivity index (χ1) is 14.5. The van der Waals surface area contributed by atoms with Gasteiger partial charge in [0.15, 0.2) is 11.5 Å². The zero-order chi connectivity index (χ0) is 21.7. The molecule has 0 bridgehead atoms. The highest BCUT2D eigenvalue weighted by Crippen LogP contribution is 2.35. The van der Waals surface area contributed by atoms with Crippen LogP contribution in [-0.2, 0) is 16.0 Å². The van der Waals surface area contributed by atoms with E-state index in [1.54, 1.807) is 14.2 Å². The lowest BCUT2D eigenvalue weighted by Gasteiger charge is -2.21. The molecule has 2 aromatic carbocycles. The minimum Gasteiger partial charge on any atom is -0.493 e. The van der Waals surface area contributed by atoms with Crippen LogP contribution in [0.15, 0.2) is 60.0 Å². The number of hydrogen-bond donors (Lipinski definition) is 0. The molecule has 1 aliphatic heterocycles. The number of methoxy groups -OCH3 is 3. The molecule has 2 aromatic rings. The Hall–Kier alpha value is -3.43. The number of carbonyl (C=O) groups is 1. The van der Waals surface area contributed by atoms with E-state index in [2.05, 4.69) is 5.73 Å². The molecule has 0 aliphatic carbocycles. The maximum atomic E-state index is 12.7. The van der Waals surface area contributed by atoms with Crippen LogP contribution in [0.1, 0.15) is 23.6 Å². The first kappa shape index (κ1) is 21.3. The highest BCUT2D eigenvalue weighted by Gasteiger charge is 2.20. The van der Waals surface area contributed by atoms with Crippen molar-refractivity contribution in [2.75, 3.05) is 34.9 Å². The van der Waals surface area contributed by atoms with Gasteiger partial charge in [-0.3, -0.25) is 0 Å². The van der Waals surface area contributed by atoms with Crippen LogP contribution in [0.4, 0.5) is 0 Å². The van der Waals surface area contributed by atoms with Crippen molar-refractivity contribution in [1.82, 2.24) is 4.90 Å². The monoisotopic (exact) mass is 405 g/mol. The molecule has 5 nitrogen and oxygen atoms in total. The Kier molecular flexibility index (Phi) is 6.65. The van der Waals surface area contributed by atoms with E-state index in [0.29, 0.717) is 22.6 Å². The van der Waals surface area contributed by atoms with Gasteiger partial charge in [0, 0.05) is 25.4 Å². The summed E-state index contributed by atoms with van der Waals surface area (Å²) in [5, 5.41) is 0. The van der Waals surface area contributed by atoms with E-state index in [-0.39, 0.29) is 0 Å². The first-order valence-corrected chi connectivity index (χ1v) is 9.77. The second kappa shape index (κ2) is 9.38. The summed E-state index contributed by atoms with van der Waals surface area (Å²) in [5.74, 6) is 0.962. The van der Waals surface area contributed by atoms with E-state index in [1.165, 1.54) is 7.11 Å². The normalized spacial score (nSPS) is 15.8. The predicted octanol–water partition coefficient (Wildman–Crippen LogP) is 4.33. The van der Waals surface area contributed by atoms with Crippen LogP contribution < -0.4 is 9.47 Å². The number of likely N-dealkylation sites (N-methyl/N-ethyl adjacent to an activating group) is 1. The maximum Gasteiger partial charge on any atom is 0.340 e. The molecule has 0 radical (unpaired) electrons. The number of rotatable bonds is 4. The third-order valence-corrected chi connectivity index (χ3v) is 5.15. The fourth-order valence-electron chi connectivity index (χ4n) is 3.54. The van der Waals surface area contributed by atoms with Gasteiger partial charge in [0.05, 0.1) is 26.9 Å². The molecule has 0 N–H and O–H groups in total. The van der Waals surface area contributed by atoms with Crippen LogP contribution in [0.25, 0.3) is 11.1 Å². The Labute approximate surface area is 177 Å². The average Bonchev–Trinajstić information content (AvgIpc) is 2.78. The molecule has 0 saturated carbocycles. The van der Waals surface area contributed by atoms with Gasteiger partial charge in [-0.15, -0.1) is 5.73 Å². The molecule has 5 heteroatoms. The van der Waals surface area contributed by atoms with E-state index in [4.69, 9.17) is 14.2 Å². The van der Waals surface area contributed by atoms with E-state index in [0.717, 1.165) is 35.2 Å². The number of benzene rings is 2. The van der Waals surface area contributed by atoms with Crippen LogP contribution >= 0.6 is 0 Å². The van der Waals surface area contributed by atoms with Crippen LogP contribution in [0.5, 0.6) is 11.5 Å². The molecule has 1 aliphatic rings. The van der Waals surface area contributed by atoms with Crippen molar-refractivity contribution in [2.45, 2.75) is 13.3 Å². The van der Waals surface area contributed by atoms with Crippen LogP contribution in [0.2, 0.25) is 0 Å². The largest absolute Gasteiger partial charge is 0.493 e. The second-order valence-electron chi connectivity index (χ2n) is 7.12. The summed E-state index contributed by atoms with van der Waals surface area (Å²) in [6.07, 6.45) is 2.61. The molecule has 30 heavy (non-hydrogen) atoms. The number of ether oxygens (including phenoxy) is 3. The first-order valence-electron chi connectivity index (χ1n) is 9.77. The summed E-state index contributed by atoms with van der Waals surface area (Å²) < 4.78 is 16.1. The Balaban J connectivity index is 2.36. The Morgan fingerprint density at radius 2 is 1.70 bits per heavy atom. The summed E-state index contributed by atoms with van der Waals surface area (Å²) in [4.78, 5) is 14.7. The smallest absolute Gasteiger partial charge is 0.340 e. The summed E-state index contributed by atoms with van der Waals surface area (Å²) in [6, 6.07) is 13.8. The number of hydrogen-bond acceptors (Lipinski definition) is 5. The van der Waals surface area contributed by atoms with Gasteiger partial charge in [-0.05, 0) is 47.7 Å². The summed E-state index contributed by atoms with van der Waals surface area (Å²) in [6.45, 7) is 2.71. The van der Waals surface area contributed by atoms with Gasteiger partial charge in [0.2, 0.25) is 0 Å². The molecule has 0 spiro atoms. The molecule has 0 saturated heterocycles. The lowest BCUT2D eigenvalue weighted by atomic mass is 9.93. The maximum absolute atomic E-state index is 12.7. The zero-order valence-electron chi connectivity index (χ0n) is 18.1. The molecule has 0 atom stereocenters. The van der Waals surface area contributed by atoms with Crippen molar-refractivity contribution in [3.05, 3.63) is 76.7 Å². The zero-order valence-corrected chi connectivity index (χ0v) is 18.1. The van der Waals surface area contributed by atoms with Gasteiger partial charge in [-0.25, -0.2) is 4.79 Å². The van der Waals surface area contributed by atoms with E-state index in [9.17, 15) is 4.79 Å². The number of fused-ring (bicyclic) bond motifs is 1. The van der Waals surface area contributed by atoms with Gasteiger partial charge in [-0.2, -0.15) is 0 Å². The van der Waals surface area contributed by atoms with Gasteiger partial charge < -0.3 is 19.1 Å². The Morgan fingerprint density at radius 1 is 1.03 bits per heavy atom. The fraction of sp³-hybridized carbons (Fsp3) is 0.280. The highest BCUT2D eigenvalue weighted by atomic mass is 16.5.